The maximum atomic E-state index is 13.5. The monoisotopic (exact) mass is 494 g/mol. The topological polar surface area (TPSA) is 129 Å². The molecule has 0 atom stereocenters. The fraction of sp³-hybridized carbons (Fsp3) is 0.333. The summed E-state index contributed by atoms with van der Waals surface area (Å²) in [6, 6.07) is 9.32. The number of hydrogen-bond donors (Lipinski definition) is 1. The molecule has 174 valence electrons. The van der Waals surface area contributed by atoms with Crippen LogP contribution in [0, 0.1) is 17.2 Å². The molecule has 1 saturated heterocycles. The van der Waals surface area contributed by atoms with Gasteiger partial charge in [0.15, 0.2) is 0 Å². The first-order chi connectivity index (χ1) is 15.7. The van der Waals surface area contributed by atoms with Gasteiger partial charge in [0.05, 0.1) is 35.1 Å². The molecule has 1 N–H and O–H groups in total. The van der Waals surface area contributed by atoms with Crippen molar-refractivity contribution >= 4 is 39.3 Å². The Morgan fingerprint density at radius 3 is 2.58 bits per heavy atom. The summed E-state index contributed by atoms with van der Waals surface area (Å²) >= 11 is 5.79. The molecule has 0 aliphatic carbocycles. The summed E-state index contributed by atoms with van der Waals surface area (Å²) < 4.78 is 45.0. The summed E-state index contributed by atoms with van der Waals surface area (Å²) in [4.78, 5) is 30.1. The first-order valence-corrected chi connectivity index (χ1v) is 11.9. The molecule has 1 aliphatic rings. The van der Waals surface area contributed by atoms with Crippen molar-refractivity contribution in [3.05, 3.63) is 57.7 Å². The summed E-state index contributed by atoms with van der Waals surface area (Å²) in [7, 11) is -3.92. The Hall–Kier alpha value is -3.23. The number of alkyl halides is 1. The number of nitrogens with zero attached hydrogens (tertiary/aromatic N) is 3. The first-order valence-electron chi connectivity index (χ1n) is 9.88. The molecule has 9 nitrogen and oxygen atoms in total. The normalized spacial score (nSPS) is 13.7. The Morgan fingerprint density at radius 1 is 1.33 bits per heavy atom. The van der Waals surface area contributed by atoms with Gasteiger partial charge >= 0.3 is 5.97 Å². The fourth-order valence-corrected chi connectivity index (χ4v) is 4.54. The molecule has 1 aliphatic heterocycles. The molecule has 1 aromatic heterocycles. The Labute approximate surface area is 195 Å². The van der Waals surface area contributed by atoms with E-state index in [0.717, 1.165) is 0 Å². The van der Waals surface area contributed by atoms with Crippen LogP contribution in [0.15, 0.2) is 30.3 Å². The molecule has 1 fully saturated rings. The SMILES string of the molecule is CCOC(=O)c1cc(C#N)c(N2CC(C(=O)NS(=O)(=O)Cc3ccc(Cl)cc3)C2)nc1CF. The van der Waals surface area contributed by atoms with Crippen LogP contribution in [-0.2, 0) is 32.0 Å². The number of carbonyl (C=O) groups is 2. The maximum Gasteiger partial charge on any atom is 0.340 e. The highest BCUT2D eigenvalue weighted by Gasteiger charge is 2.37. The van der Waals surface area contributed by atoms with Gasteiger partial charge in [-0.25, -0.2) is 22.6 Å². The van der Waals surface area contributed by atoms with Gasteiger partial charge in [-0.15, -0.1) is 0 Å². The third kappa shape index (κ3) is 5.77. The molecular weight excluding hydrogens is 475 g/mol. The van der Waals surface area contributed by atoms with Crippen molar-refractivity contribution in [1.82, 2.24) is 9.71 Å². The van der Waals surface area contributed by atoms with E-state index in [0.29, 0.717) is 10.6 Å². The highest BCUT2D eigenvalue weighted by molar-refractivity contribution is 7.89. The number of halogens is 2. The van der Waals surface area contributed by atoms with Gasteiger partial charge in [-0.05, 0) is 30.7 Å². The van der Waals surface area contributed by atoms with E-state index in [2.05, 4.69) is 4.98 Å². The number of hydrogen-bond acceptors (Lipinski definition) is 8. The molecule has 2 aromatic rings. The molecule has 33 heavy (non-hydrogen) atoms. The van der Waals surface area contributed by atoms with E-state index >= 15 is 0 Å². The summed E-state index contributed by atoms with van der Waals surface area (Å²) in [5.74, 6) is -2.41. The molecule has 0 spiro atoms. The van der Waals surface area contributed by atoms with Crippen LogP contribution < -0.4 is 9.62 Å². The minimum Gasteiger partial charge on any atom is -0.462 e. The Bertz CT molecular complexity index is 1210. The number of esters is 1. The third-order valence-corrected chi connectivity index (χ3v) is 6.38. The van der Waals surface area contributed by atoms with Crippen LogP contribution in [0.4, 0.5) is 10.2 Å². The van der Waals surface area contributed by atoms with Crippen LogP contribution in [0.25, 0.3) is 0 Å². The van der Waals surface area contributed by atoms with Gasteiger partial charge in [-0.1, -0.05) is 23.7 Å². The molecule has 0 radical (unpaired) electrons. The lowest BCUT2D eigenvalue weighted by molar-refractivity contribution is -0.123. The van der Waals surface area contributed by atoms with E-state index in [1.807, 2.05) is 10.8 Å². The molecule has 3 rings (SSSR count). The van der Waals surface area contributed by atoms with E-state index in [1.54, 1.807) is 36.1 Å². The van der Waals surface area contributed by atoms with Crippen molar-refractivity contribution in [3.8, 4) is 6.07 Å². The fourth-order valence-electron chi connectivity index (χ4n) is 3.24. The van der Waals surface area contributed by atoms with Gasteiger partial charge in [0.1, 0.15) is 18.6 Å². The smallest absolute Gasteiger partial charge is 0.340 e. The molecule has 2 heterocycles. The number of rotatable bonds is 8. The predicted octanol–water partition coefficient (Wildman–Crippen LogP) is 2.34. The number of nitrogens with one attached hydrogen (secondary N) is 1. The summed E-state index contributed by atoms with van der Waals surface area (Å²) in [6.45, 7) is 0.787. The standard InChI is InChI=1S/C21H20ClFN4O5S/c1-2-32-21(29)17-7-14(9-24)19(25-18(17)8-23)27-10-15(11-27)20(28)26-33(30,31)12-13-3-5-16(22)6-4-13/h3-7,15H,2,8,10-12H2,1H3,(H,26,28). The van der Waals surface area contributed by atoms with E-state index in [-0.39, 0.29) is 48.1 Å². The van der Waals surface area contributed by atoms with Crippen molar-refractivity contribution in [3.63, 3.8) is 0 Å². The van der Waals surface area contributed by atoms with Gasteiger partial charge < -0.3 is 9.64 Å². The second-order valence-corrected chi connectivity index (χ2v) is 9.43. The van der Waals surface area contributed by atoms with Gasteiger partial charge in [0, 0.05) is 18.1 Å². The minimum absolute atomic E-state index is 0.0180. The zero-order valence-electron chi connectivity index (χ0n) is 17.5. The Kier molecular flexibility index (Phi) is 7.50. The molecule has 0 bridgehead atoms. The predicted molar refractivity (Wildman–Crippen MR) is 118 cm³/mol. The van der Waals surface area contributed by atoms with Gasteiger partial charge in [-0.2, -0.15) is 5.26 Å². The lowest BCUT2D eigenvalue weighted by atomic mass is 9.98. The molecule has 0 saturated carbocycles. The zero-order valence-corrected chi connectivity index (χ0v) is 19.1. The van der Waals surface area contributed by atoms with Gasteiger partial charge in [-0.3, -0.25) is 9.52 Å². The lowest BCUT2D eigenvalue weighted by Gasteiger charge is -2.39. The van der Waals surface area contributed by atoms with Crippen LogP contribution in [0.3, 0.4) is 0 Å². The van der Waals surface area contributed by atoms with Crippen molar-refractivity contribution in [2.75, 3.05) is 24.6 Å². The Balaban J connectivity index is 1.67. The van der Waals surface area contributed by atoms with Crippen LogP contribution in [0.1, 0.15) is 34.1 Å². The number of aromatic nitrogens is 1. The lowest BCUT2D eigenvalue weighted by Crippen LogP contribution is -2.55. The summed E-state index contributed by atoms with van der Waals surface area (Å²) in [5.41, 5.74) is 0.173. The van der Waals surface area contributed by atoms with Crippen LogP contribution >= 0.6 is 11.6 Å². The number of ether oxygens (including phenoxy) is 1. The largest absolute Gasteiger partial charge is 0.462 e. The van der Waals surface area contributed by atoms with Crippen LogP contribution in [0.5, 0.6) is 0 Å². The maximum absolute atomic E-state index is 13.5. The molecular formula is C21H20ClFN4O5S. The van der Waals surface area contributed by atoms with E-state index in [1.165, 1.54) is 6.07 Å². The van der Waals surface area contributed by atoms with Crippen molar-refractivity contribution in [2.24, 2.45) is 5.92 Å². The molecule has 1 aromatic carbocycles. The number of carbonyl (C=O) groups excluding carboxylic acids is 2. The first kappa shape index (κ1) is 24.4. The van der Waals surface area contributed by atoms with Crippen LogP contribution in [-0.4, -0.2) is 45.0 Å². The average molecular weight is 495 g/mol. The summed E-state index contributed by atoms with van der Waals surface area (Å²) in [5, 5.41) is 9.91. The average Bonchev–Trinajstić information content (AvgIpc) is 2.73. The quantitative estimate of drug-likeness (QED) is 0.553. The number of amides is 1. The Morgan fingerprint density at radius 2 is 2.00 bits per heavy atom. The number of anilines is 1. The highest BCUT2D eigenvalue weighted by atomic mass is 35.5. The number of sulfonamides is 1. The number of nitriles is 1. The zero-order chi connectivity index (χ0) is 24.2. The molecule has 0 unspecified atom stereocenters. The third-order valence-electron chi connectivity index (χ3n) is 4.90. The highest BCUT2D eigenvalue weighted by Crippen LogP contribution is 2.29. The van der Waals surface area contributed by atoms with Crippen molar-refractivity contribution in [1.29, 1.82) is 5.26 Å². The van der Waals surface area contributed by atoms with Crippen molar-refractivity contribution in [2.45, 2.75) is 19.4 Å². The number of pyridine rings is 1. The minimum atomic E-state index is -3.92. The van der Waals surface area contributed by atoms with E-state index < -0.39 is 34.5 Å². The van der Waals surface area contributed by atoms with E-state index in [4.69, 9.17) is 16.3 Å². The number of benzene rings is 1. The van der Waals surface area contributed by atoms with Crippen LogP contribution in [0.2, 0.25) is 5.02 Å². The second-order valence-electron chi connectivity index (χ2n) is 7.27. The van der Waals surface area contributed by atoms with E-state index in [9.17, 15) is 27.7 Å². The second kappa shape index (κ2) is 10.1. The van der Waals surface area contributed by atoms with Gasteiger partial charge in [0.2, 0.25) is 15.9 Å². The summed E-state index contributed by atoms with van der Waals surface area (Å²) in [6.07, 6.45) is 0. The molecule has 1 amide bonds. The van der Waals surface area contributed by atoms with Gasteiger partial charge in [0.25, 0.3) is 0 Å². The molecule has 12 heteroatoms. The van der Waals surface area contributed by atoms with Crippen molar-refractivity contribution < 1.29 is 27.1 Å².